The van der Waals surface area contributed by atoms with E-state index in [-0.39, 0.29) is 5.97 Å². The van der Waals surface area contributed by atoms with E-state index in [2.05, 4.69) is 12.1 Å². The van der Waals surface area contributed by atoms with Crippen LogP contribution in [-0.4, -0.2) is 12.6 Å². The smallest absolute Gasteiger partial charge is 0.338 e. The molecule has 0 radical (unpaired) electrons. The van der Waals surface area contributed by atoms with E-state index in [1.54, 1.807) is 31.2 Å². The van der Waals surface area contributed by atoms with Crippen molar-refractivity contribution in [3.63, 3.8) is 0 Å². The summed E-state index contributed by atoms with van der Waals surface area (Å²) in [6.45, 7) is 4.20. The number of fused-ring (bicyclic) bond motifs is 1. The molecule has 0 fully saturated rings. The molecule has 0 amide bonds. The third kappa shape index (κ3) is 3.19. The molecule has 3 rings (SSSR count). The second-order valence-corrected chi connectivity index (χ2v) is 5.26. The molecule has 0 aliphatic heterocycles. The van der Waals surface area contributed by atoms with Crippen molar-refractivity contribution in [3.05, 3.63) is 71.8 Å². The van der Waals surface area contributed by atoms with Gasteiger partial charge in [0.15, 0.2) is 0 Å². The summed E-state index contributed by atoms with van der Waals surface area (Å²) in [5.74, 6) is 1.19. The quantitative estimate of drug-likeness (QED) is 0.628. The summed E-state index contributed by atoms with van der Waals surface area (Å²) >= 11 is 0. The highest BCUT2D eigenvalue weighted by molar-refractivity contribution is 5.89. The fourth-order valence-corrected chi connectivity index (χ4v) is 2.52. The minimum atomic E-state index is -0.319. The van der Waals surface area contributed by atoms with Crippen LogP contribution in [0.3, 0.4) is 0 Å². The molecule has 0 aliphatic rings. The highest BCUT2D eigenvalue weighted by Gasteiger charge is 2.08. The summed E-state index contributed by atoms with van der Waals surface area (Å²) < 4.78 is 10.9. The molecule has 0 atom stereocenters. The van der Waals surface area contributed by atoms with Crippen LogP contribution in [0.1, 0.15) is 22.8 Å². The highest BCUT2D eigenvalue weighted by Crippen LogP contribution is 2.30. The van der Waals surface area contributed by atoms with Crippen molar-refractivity contribution >= 4 is 16.7 Å². The SMILES string of the molecule is CCOC(=O)c1ccc(Oc2ccc3ccccc3c2C)cc1. The second-order valence-electron chi connectivity index (χ2n) is 5.26. The largest absolute Gasteiger partial charge is 0.462 e. The van der Waals surface area contributed by atoms with Crippen molar-refractivity contribution in [2.24, 2.45) is 0 Å². The maximum absolute atomic E-state index is 11.7. The lowest BCUT2D eigenvalue weighted by Gasteiger charge is -2.11. The molecule has 23 heavy (non-hydrogen) atoms. The van der Waals surface area contributed by atoms with Crippen LogP contribution in [0.15, 0.2) is 60.7 Å². The molecule has 0 bridgehead atoms. The van der Waals surface area contributed by atoms with Gasteiger partial charge in [-0.3, -0.25) is 0 Å². The number of benzene rings is 3. The first-order valence-corrected chi connectivity index (χ1v) is 7.62. The Morgan fingerprint density at radius 3 is 2.43 bits per heavy atom. The zero-order chi connectivity index (χ0) is 16.2. The maximum Gasteiger partial charge on any atom is 0.338 e. The van der Waals surface area contributed by atoms with Crippen LogP contribution < -0.4 is 4.74 Å². The van der Waals surface area contributed by atoms with Crippen molar-refractivity contribution in [1.82, 2.24) is 0 Å². The summed E-state index contributed by atoms with van der Waals surface area (Å²) in [6, 6.07) is 19.2. The van der Waals surface area contributed by atoms with Gasteiger partial charge in [0.05, 0.1) is 12.2 Å². The topological polar surface area (TPSA) is 35.5 Å². The zero-order valence-corrected chi connectivity index (χ0v) is 13.2. The number of hydrogen-bond donors (Lipinski definition) is 0. The molecule has 3 nitrogen and oxygen atoms in total. The molecule has 0 saturated heterocycles. The van der Waals surface area contributed by atoms with E-state index >= 15 is 0 Å². The van der Waals surface area contributed by atoms with Crippen molar-refractivity contribution in [2.75, 3.05) is 6.61 Å². The van der Waals surface area contributed by atoms with Gasteiger partial charge in [0.25, 0.3) is 0 Å². The second kappa shape index (κ2) is 6.53. The number of ether oxygens (including phenoxy) is 2. The number of carbonyl (C=O) groups excluding carboxylic acids is 1. The molecule has 3 aromatic rings. The monoisotopic (exact) mass is 306 g/mol. The van der Waals surface area contributed by atoms with Gasteiger partial charge in [-0.15, -0.1) is 0 Å². The molecular formula is C20H18O3. The Balaban J connectivity index is 1.85. The third-order valence-corrected chi connectivity index (χ3v) is 3.74. The number of aryl methyl sites for hydroxylation is 1. The summed E-state index contributed by atoms with van der Waals surface area (Å²) in [5, 5.41) is 2.36. The molecule has 0 saturated carbocycles. The Kier molecular flexibility index (Phi) is 4.29. The van der Waals surface area contributed by atoms with Crippen LogP contribution in [0.4, 0.5) is 0 Å². The number of esters is 1. The van der Waals surface area contributed by atoms with Crippen molar-refractivity contribution < 1.29 is 14.3 Å². The fourth-order valence-electron chi connectivity index (χ4n) is 2.52. The first kappa shape index (κ1) is 15.1. The van der Waals surface area contributed by atoms with Crippen molar-refractivity contribution in [2.45, 2.75) is 13.8 Å². The Morgan fingerprint density at radius 2 is 1.70 bits per heavy atom. The molecule has 0 aromatic heterocycles. The van der Waals surface area contributed by atoms with Crippen molar-refractivity contribution in [1.29, 1.82) is 0 Å². The Hall–Kier alpha value is -2.81. The Labute approximate surface area is 135 Å². The number of carbonyl (C=O) groups is 1. The van der Waals surface area contributed by atoms with Gasteiger partial charge in [-0.05, 0) is 60.5 Å². The first-order valence-electron chi connectivity index (χ1n) is 7.62. The normalized spacial score (nSPS) is 10.5. The zero-order valence-electron chi connectivity index (χ0n) is 13.2. The minimum Gasteiger partial charge on any atom is -0.462 e. The number of rotatable bonds is 4. The predicted octanol–water partition coefficient (Wildman–Crippen LogP) is 5.12. The van der Waals surface area contributed by atoms with Crippen LogP contribution in [0.2, 0.25) is 0 Å². The Bertz CT molecular complexity index is 835. The number of hydrogen-bond acceptors (Lipinski definition) is 3. The van der Waals surface area contributed by atoms with Gasteiger partial charge in [-0.2, -0.15) is 0 Å². The predicted molar refractivity (Wildman–Crippen MR) is 91.2 cm³/mol. The van der Waals surface area contributed by atoms with Gasteiger partial charge < -0.3 is 9.47 Å². The van der Waals surface area contributed by atoms with Crippen LogP contribution in [0.5, 0.6) is 11.5 Å². The summed E-state index contributed by atoms with van der Waals surface area (Å²) in [5.41, 5.74) is 1.62. The van der Waals surface area contributed by atoms with Gasteiger partial charge in [-0.25, -0.2) is 4.79 Å². The molecule has 0 heterocycles. The summed E-state index contributed by atoms with van der Waals surface area (Å²) in [4.78, 5) is 11.7. The lowest BCUT2D eigenvalue weighted by atomic mass is 10.0. The van der Waals surface area contributed by atoms with Crippen LogP contribution >= 0.6 is 0 Å². The maximum atomic E-state index is 11.7. The van der Waals surface area contributed by atoms with Gasteiger partial charge in [0.2, 0.25) is 0 Å². The molecule has 3 aromatic carbocycles. The van der Waals surface area contributed by atoms with Gasteiger partial charge in [0, 0.05) is 0 Å². The summed E-state index contributed by atoms with van der Waals surface area (Å²) in [6.07, 6.45) is 0. The Morgan fingerprint density at radius 1 is 0.957 bits per heavy atom. The van der Waals surface area contributed by atoms with Gasteiger partial charge >= 0.3 is 5.97 Å². The average molecular weight is 306 g/mol. The van der Waals surface area contributed by atoms with Crippen LogP contribution in [0, 0.1) is 6.92 Å². The molecule has 3 heteroatoms. The van der Waals surface area contributed by atoms with E-state index in [0.717, 1.165) is 11.3 Å². The van der Waals surface area contributed by atoms with Crippen molar-refractivity contribution in [3.8, 4) is 11.5 Å². The fraction of sp³-hybridized carbons (Fsp3) is 0.150. The molecule has 0 unspecified atom stereocenters. The van der Waals surface area contributed by atoms with E-state index in [1.165, 1.54) is 10.8 Å². The van der Waals surface area contributed by atoms with E-state index in [1.807, 2.05) is 31.2 Å². The van der Waals surface area contributed by atoms with E-state index in [9.17, 15) is 4.79 Å². The van der Waals surface area contributed by atoms with Gasteiger partial charge in [-0.1, -0.05) is 30.3 Å². The average Bonchev–Trinajstić information content (AvgIpc) is 2.58. The van der Waals surface area contributed by atoms with E-state index in [4.69, 9.17) is 9.47 Å². The first-order chi connectivity index (χ1) is 11.2. The molecular weight excluding hydrogens is 288 g/mol. The molecule has 0 spiro atoms. The van der Waals surface area contributed by atoms with E-state index < -0.39 is 0 Å². The van der Waals surface area contributed by atoms with Crippen LogP contribution in [0.25, 0.3) is 10.8 Å². The van der Waals surface area contributed by atoms with Crippen LogP contribution in [-0.2, 0) is 4.74 Å². The molecule has 116 valence electrons. The van der Waals surface area contributed by atoms with Gasteiger partial charge in [0.1, 0.15) is 11.5 Å². The third-order valence-electron chi connectivity index (χ3n) is 3.74. The molecule has 0 aliphatic carbocycles. The molecule has 0 N–H and O–H groups in total. The highest BCUT2D eigenvalue weighted by atomic mass is 16.5. The van der Waals surface area contributed by atoms with E-state index in [0.29, 0.717) is 17.9 Å². The lowest BCUT2D eigenvalue weighted by molar-refractivity contribution is 0.0526. The lowest BCUT2D eigenvalue weighted by Crippen LogP contribution is -2.04. The minimum absolute atomic E-state index is 0.319. The standard InChI is InChI=1S/C20H18O3/c1-3-22-20(21)16-8-11-17(12-9-16)23-19-13-10-15-6-4-5-7-18(15)14(19)2/h4-13H,3H2,1-2H3. The summed E-state index contributed by atoms with van der Waals surface area (Å²) in [7, 11) is 0.